The third-order valence-electron chi connectivity index (χ3n) is 4.25. The number of carbonyl (C=O) groups is 2. The van der Waals surface area contributed by atoms with Crippen LogP contribution in [0.3, 0.4) is 0 Å². The van der Waals surface area contributed by atoms with E-state index in [1.165, 1.54) is 6.39 Å². The normalized spacial score (nSPS) is 16.6. The highest BCUT2D eigenvalue weighted by molar-refractivity contribution is 6.24. The van der Waals surface area contributed by atoms with E-state index in [0.717, 1.165) is 0 Å². The minimum Gasteiger partial charge on any atom is -0.449 e. The monoisotopic (exact) mass is 317 g/mol. The van der Waals surface area contributed by atoms with E-state index in [2.05, 4.69) is 4.98 Å². The molecule has 23 heavy (non-hydrogen) atoms. The lowest BCUT2D eigenvalue weighted by atomic mass is 9.80. The average Bonchev–Trinajstić information content (AvgIpc) is 2.98. The van der Waals surface area contributed by atoms with Crippen LogP contribution in [0.5, 0.6) is 0 Å². The number of aliphatic hydroxyl groups is 1. The number of ketones is 2. The lowest BCUT2D eigenvalue weighted by Gasteiger charge is -2.23. The SMILES string of the molecule is CC1=C(C)C(=O)C(CCC(C)(C)O)=C(CCc2cnco2)C1=O. The van der Waals surface area contributed by atoms with Gasteiger partial charge in [-0.25, -0.2) is 4.98 Å². The molecular formula is C18H23NO4. The Labute approximate surface area is 136 Å². The third-order valence-corrected chi connectivity index (χ3v) is 4.25. The number of rotatable bonds is 6. The number of allylic oxidation sites excluding steroid dienone is 4. The molecule has 0 saturated heterocycles. The highest BCUT2D eigenvalue weighted by Crippen LogP contribution is 2.31. The Balaban J connectivity index is 2.28. The molecule has 0 radical (unpaired) electrons. The molecule has 5 heteroatoms. The van der Waals surface area contributed by atoms with Gasteiger partial charge in [0, 0.05) is 28.7 Å². The van der Waals surface area contributed by atoms with Crippen LogP contribution in [0, 0.1) is 0 Å². The van der Waals surface area contributed by atoms with Crippen molar-refractivity contribution < 1.29 is 19.1 Å². The van der Waals surface area contributed by atoms with Crippen LogP contribution in [0.25, 0.3) is 0 Å². The number of hydrogen-bond acceptors (Lipinski definition) is 5. The lowest BCUT2D eigenvalue weighted by Crippen LogP contribution is -2.25. The molecule has 2 rings (SSSR count). The molecule has 1 aliphatic rings. The summed E-state index contributed by atoms with van der Waals surface area (Å²) < 4.78 is 5.20. The van der Waals surface area contributed by atoms with Gasteiger partial charge in [0.05, 0.1) is 11.8 Å². The maximum absolute atomic E-state index is 12.6. The average molecular weight is 317 g/mol. The molecule has 5 nitrogen and oxygen atoms in total. The first-order chi connectivity index (χ1) is 10.7. The summed E-state index contributed by atoms with van der Waals surface area (Å²) in [6, 6.07) is 0. The Kier molecular flexibility index (Phi) is 5.00. The molecule has 1 N–H and O–H groups in total. The molecule has 0 saturated carbocycles. The summed E-state index contributed by atoms with van der Waals surface area (Å²) in [5.74, 6) is 0.523. The molecule has 0 unspecified atom stereocenters. The number of aryl methyl sites for hydroxylation is 1. The van der Waals surface area contributed by atoms with E-state index < -0.39 is 5.60 Å². The molecule has 0 atom stereocenters. The van der Waals surface area contributed by atoms with Crippen molar-refractivity contribution in [1.29, 1.82) is 0 Å². The minimum atomic E-state index is -0.878. The molecule has 0 aliphatic heterocycles. The van der Waals surface area contributed by atoms with E-state index in [-0.39, 0.29) is 11.6 Å². The second-order valence-corrected chi connectivity index (χ2v) is 6.65. The Morgan fingerprint density at radius 2 is 1.61 bits per heavy atom. The first-order valence-electron chi connectivity index (χ1n) is 7.79. The summed E-state index contributed by atoms with van der Waals surface area (Å²) >= 11 is 0. The van der Waals surface area contributed by atoms with Crippen molar-refractivity contribution in [3.63, 3.8) is 0 Å². The van der Waals surface area contributed by atoms with E-state index in [1.54, 1.807) is 33.9 Å². The molecule has 1 aliphatic carbocycles. The molecule has 1 heterocycles. The van der Waals surface area contributed by atoms with Gasteiger partial charge >= 0.3 is 0 Å². The van der Waals surface area contributed by atoms with Gasteiger partial charge in [-0.3, -0.25) is 9.59 Å². The second-order valence-electron chi connectivity index (χ2n) is 6.65. The van der Waals surface area contributed by atoms with Crippen molar-refractivity contribution in [2.24, 2.45) is 0 Å². The molecule has 124 valence electrons. The van der Waals surface area contributed by atoms with E-state index in [1.807, 2.05) is 0 Å². The van der Waals surface area contributed by atoms with Crippen molar-refractivity contribution in [2.45, 2.75) is 59.0 Å². The van der Waals surface area contributed by atoms with Gasteiger partial charge in [0.1, 0.15) is 5.76 Å². The van der Waals surface area contributed by atoms with Crippen LogP contribution in [-0.4, -0.2) is 27.3 Å². The molecule has 1 aromatic heterocycles. The maximum Gasteiger partial charge on any atom is 0.185 e. The standard InChI is InChI=1S/C18H23NO4/c1-11-12(2)17(21)15(7-8-18(3,4)22)14(16(11)20)6-5-13-9-19-10-23-13/h9-10,22H,5-8H2,1-4H3. The minimum absolute atomic E-state index is 0.0765. The molecule has 0 fully saturated rings. The smallest absolute Gasteiger partial charge is 0.185 e. The number of oxazole rings is 1. The first-order valence-corrected chi connectivity index (χ1v) is 7.79. The number of nitrogens with zero attached hydrogens (tertiary/aromatic N) is 1. The predicted octanol–water partition coefficient (Wildman–Crippen LogP) is 2.94. The van der Waals surface area contributed by atoms with Crippen molar-refractivity contribution in [2.75, 3.05) is 0 Å². The van der Waals surface area contributed by atoms with Gasteiger partial charge in [-0.05, 0) is 47.0 Å². The van der Waals surface area contributed by atoms with Crippen LogP contribution in [0.4, 0.5) is 0 Å². The van der Waals surface area contributed by atoms with Crippen molar-refractivity contribution >= 4 is 11.6 Å². The predicted molar refractivity (Wildman–Crippen MR) is 85.8 cm³/mol. The Bertz CT molecular complexity index is 672. The second kappa shape index (κ2) is 6.62. The van der Waals surface area contributed by atoms with Crippen LogP contribution in [0.1, 0.15) is 52.7 Å². The summed E-state index contributed by atoms with van der Waals surface area (Å²) in [7, 11) is 0. The van der Waals surface area contributed by atoms with Gasteiger partial charge < -0.3 is 9.52 Å². The molecule has 0 bridgehead atoms. The Morgan fingerprint density at radius 1 is 1.04 bits per heavy atom. The number of Topliss-reactive ketones (excluding diaryl/α,β-unsaturated/α-hetero) is 2. The lowest BCUT2D eigenvalue weighted by molar-refractivity contribution is -0.116. The van der Waals surface area contributed by atoms with E-state index >= 15 is 0 Å². The van der Waals surface area contributed by atoms with Crippen LogP contribution >= 0.6 is 0 Å². The molecule has 0 spiro atoms. The highest BCUT2D eigenvalue weighted by atomic mass is 16.3. The zero-order valence-electron chi connectivity index (χ0n) is 14.1. The van der Waals surface area contributed by atoms with Crippen LogP contribution in [0.2, 0.25) is 0 Å². The molecule has 0 amide bonds. The van der Waals surface area contributed by atoms with Crippen LogP contribution in [0.15, 0.2) is 39.3 Å². The van der Waals surface area contributed by atoms with Crippen LogP contribution in [-0.2, 0) is 16.0 Å². The summed E-state index contributed by atoms with van der Waals surface area (Å²) in [5.41, 5.74) is 1.20. The molecule has 1 aromatic rings. The van der Waals surface area contributed by atoms with E-state index in [0.29, 0.717) is 53.7 Å². The number of hydrogen-bond donors (Lipinski definition) is 1. The van der Waals surface area contributed by atoms with Crippen molar-refractivity contribution in [1.82, 2.24) is 4.98 Å². The zero-order valence-corrected chi connectivity index (χ0v) is 14.1. The van der Waals surface area contributed by atoms with Gasteiger partial charge in [0.15, 0.2) is 18.0 Å². The van der Waals surface area contributed by atoms with Crippen molar-refractivity contribution in [3.8, 4) is 0 Å². The van der Waals surface area contributed by atoms with E-state index in [9.17, 15) is 14.7 Å². The highest BCUT2D eigenvalue weighted by Gasteiger charge is 2.30. The fourth-order valence-electron chi connectivity index (χ4n) is 2.64. The summed E-state index contributed by atoms with van der Waals surface area (Å²) in [6.45, 7) is 6.78. The van der Waals surface area contributed by atoms with E-state index in [4.69, 9.17) is 4.42 Å². The number of carbonyl (C=O) groups excluding carboxylic acids is 2. The number of aromatic nitrogens is 1. The van der Waals surface area contributed by atoms with Gasteiger partial charge in [-0.1, -0.05) is 0 Å². The third kappa shape index (κ3) is 4.05. The quantitative estimate of drug-likeness (QED) is 0.816. The zero-order chi connectivity index (χ0) is 17.2. The van der Waals surface area contributed by atoms with Gasteiger partial charge in [-0.2, -0.15) is 0 Å². The fraction of sp³-hybridized carbons (Fsp3) is 0.500. The fourth-order valence-corrected chi connectivity index (χ4v) is 2.64. The Morgan fingerprint density at radius 3 is 2.09 bits per heavy atom. The molecule has 0 aromatic carbocycles. The maximum atomic E-state index is 12.6. The van der Waals surface area contributed by atoms with Crippen LogP contribution < -0.4 is 0 Å². The summed E-state index contributed by atoms with van der Waals surface area (Å²) in [5, 5.41) is 9.93. The van der Waals surface area contributed by atoms with Gasteiger partial charge in [0.25, 0.3) is 0 Å². The Hall–Kier alpha value is -2.01. The summed E-state index contributed by atoms with van der Waals surface area (Å²) in [4.78, 5) is 29.0. The molecular weight excluding hydrogens is 294 g/mol. The first kappa shape index (κ1) is 17.3. The van der Waals surface area contributed by atoms with Gasteiger partial charge in [-0.15, -0.1) is 0 Å². The largest absolute Gasteiger partial charge is 0.449 e. The van der Waals surface area contributed by atoms with Gasteiger partial charge in [0.2, 0.25) is 0 Å². The summed E-state index contributed by atoms with van der Waals surface area (Å²) in [6.07, 6.45) is 4.74. The van der Waals surface area contributed by atoms with Crippen molar-refractivity contribution in [3.05, 3.63) is 40.6 Å². The topological polar surface area (TPSA) is 80.4 Å².